The summed E-state index contributed by atoms with van der Waals surface area (Å²) < 4.78 is 0. The van der Waals surface area contributed by atoms with Crippen LogP contribution >= 0.6 is 0 Å². The number of rotatable bonds is 0. The van der Waals surface area contributed by atoms with Gasteiger partial charge in [-0.2, -0.15) is 0 Å². The summed E-state index contributed by atoms with van der Waals surface area (Å²) in [4.78, 5) is 12.4. The Morgan fingerprint density at radius 3 is 2.44 bits per heavy atom. The van der Waals surface area contributed by atoms with Crippen molar-refractivity contribution in [2.75, 3.05) is 0 Å². The number of fused-ring (bicyclic) bond motifs is 4. The first-order valence-electron chi connectivity index (χ1n) is 6.62. The molecule has 3 saturated carbocycles. The normalized spacial score (nSPS) is 50.0. The second-order valence-corrected chi connectivity index (χ2v) is 6.82. The Balaban J connectivity index is 2.04. The summed E-state index contributed by atoms with van der Waals surface area (Å²) in [6, 6.07) is 0. The highest BCUT2D eigenvalue weighted by molar-refractivity contribution is 6.02. The summed E-state index contributed by atoms with van der Waals surface area (Å²) in [6.45, 7) is 8.99. The largest absolute Gasteiger partial charge is 0.294 e. The van der Waals surface area contributed by atoms with Crippen LogP contribution in [0.2, 0.25) is 0 Å². The van der Waals surface area contributed by atoms with Crippen LogP contribution in [0.5, 0.6) is 0 Å². The van der Waals surface area contributed by atoms with E-state index in [-0.39, 0.29) is 0 Å². The van der Waals surface area contributed by atoms with E-state index >= 15 is 0 Å². The minimum Gasteiger partial charge on any atom is -0.294 e. The van der Waals surface area contributed by atoms with Crippen molar-refractivity contribution in [3.63, 3.8) is 0 Å². The monoisotopic (exact) mass is 218 g/mol. The standard InChI is InChI=1S/C15H22O/c1-9(2)10-8-11-12(13(10)16)15(4)7-5-6-14(11,15)3/h11-12H,5-8H2,1-4H3. The maximum atomic E-state index is 12.4. The third kappa shape index (κ3) is 0.881. The van der Waals surface area contributed by atoms with E-state index in [4.69, 9.17) is 0 Å². The second kappa shape index (κ2) is 2.80. The van der Waals surface area contributed by atoms with Gasteiger partial charge < -0.3 is 0 Å². The van der Waals surface area contributed by atoms with E-state index in [0.717, 1.165) is 12.0 Å². The third-order valence-electron chi connectivity index (χ3n) is 6.21. The molecule has 4 atom stereocenters. The van der Waals surface area contributed by atoms with Crippen molar-refractivity contribution in [2.24, 2.45) is 22.7 Å². The van der Waals surface area contributed by atoms with Crippen LogP contribution in [0.25, 0.3) is 0 Å². The van der Waals surface area contributed by atoms with Gasteiger partial charge in [0, 0.05) is 5.92 Å². The summed E-state index contributed by atoms with van der Waals surface area (Å²) in [7, 11) is 0. The lowest BCUT2D eigenvalue weighted by atomic mass is 9.41. The van der Waals surface area contributed by atoms with Crippen LogP contribution in [0, 0.1) is 22.7 Å². The average Bonchev–Trinajstić information content (AvgIpc) is 2.64. The molecule has 1 heteroatoms. The molecule has 0 N–H and O–H groups in total. The van der Waals surface area contributed by atoms with Gasteiger partial charge in [-0.3, -0.25) is 4.79 Å². The van der Waals surface area contributed by atoms with Crippen molar-refractivity contribution < 1.29 is 4.79 Å². The van der Waals surface area contributed by atoms with Crippen molar-refractivity contribution in [1.82, 2.24) is 0 Å². The van der Waals surface area contributed by atoms with Crippen molar-refractivity contribution in [3.8, 4) is 0 Å². The average molecular weight is 218 g/mol. The second-order valence-electron chi connectivity index (χ2n) is 6.82. The molecule has 0 aromatic rings. The molecule has 0 aromatic heterocycles. The van der Waals surface area contributed by atoms with E-state index in [1.165, 1.54) is 24.8 Å². The Morgan fingerprint density at radius 1 is 1.19 bits per heavy atom. The molecule has 0 aliphatic heterocycles. The quantitative estimate of drug-likeness (QED) is 0.566. The molecule has 0 saturated heterocycles. The zero-order valence-corrected chi connectivity index (χ0v) is 10.9. The molecule has 4 unspecified atom stereocenters. The van der Waals surface area contributed by atoms with Crippen molar-refractivity contribution in [2.45, 2.75) is 53.4 Å². The number of hydrogen-bond acceptors (Lipinski definition) is 1. The number of carbonyl (C=O) groups excluding carboxylic acids is 1. The van der Waals surface area contributed by atoms with E-state index in [0.29, 0.717) is 28.4 Å². The molecule has 16 heavy (non-hydrogen) atoms. The fourth-order valence-electron chi connectivity index (χ4n) is 5.00. The van der Waals surface area contributed by atoms with Gasteiger partial charge in [-0.15, -0.1) is 0 Å². The van der Waals surface area contributed by atoms with Crippen LogP contribution in [0.3, 0.4) is 0 Å². The first-order valence-corrected chi connectivity index (χ1v) is 6.62. The molecule has 0 bridgehead atoms. The molecule has 3 aliphatic rings. The van der Waals surface area contributed by atoms with Crippen LogP contribution in [0.1, 0.15) is 53.4 Å². The van der Waals surface area contributed by atoms with Gasteiger partial charge in [-0.25, -0.2) is 0 Å². The highest BCUT2D eigenvalue weighted by atomic mass is 16.1. The number of ketones is 1. The van der Waals surface area contributed by atoms with Crippen molar-refractivity contribution in [3.05, 3.63) is 11.1 Å². The van der Waals surface area contributed by atoms with Crippen LogP contribution in [-0.4, -0.2) is 5.78 Å². The summed E-state index contributed by atoms with van der Waals surface area (Å²) in [5.41, 5.74) is 3.20. The van der Waals surface area contributed by atoms with Gasteiger partial charge in [0.25, 0.3) is 0 Å². The number of carbonyl (C=O) groups is 1. The van der Waals surface area contributed by atoms with Gasteiger partial charge in [0.2, 0.25) is 0 Å². The van der Waals surface area contributed by atoms with E-state index in [9.17, 15) is 4.79 Å². The Morgan fingerprint density at radius 2 is 1.81 bits per heavy atom. The first kappa shape index (κ1) is 10.6. The van der Waals surface area contributed by atoms with Gasteiger partial charge in [0.1, 0.15) is 0 Å². The third-order valence-corrected chi connectivity index (χ3v) is 6.21. The Labute approximate surface area is 98.3 Å². The topological polar surface area (TPSA) is 17.1 Å². The SMILES string of the molecule is CC(C)=C1CC2C(C1=O)C1(C)CCCC21C. The van der Waals surface area contributed by atoms with Gasteiger partial charge in [-0.05, 0) is 55.4 Å². The molecule has 0 amide bonds. The zero-order valence-electron chi connectivity index (χ0n) is 10.9. The number of hydrogen-bond donors (Lipinski definition) is 0. The maximum absolute atomic E-state index is 12.4. The maximum Gasteiger partial charge on any atom is 0.162 e. The predicted octanol–water partition coefficient (Wildman–Crippen LogP) is 3.74. The van der Waals surface area contributed by atoms with Crippen LogP contribution in [0.15, 0.2) is 11.1 Å². The molecular weight excluding hydrogens is 196 g/mol. The minimum absolute atomic E-state index is 0.325. The van der Waals surface area contributed by atoms with Crippen LogP contribution in [0.4, 0.5) is 0 Å². The molecule has 0 radical (unpaired) electrons. The molecule has 0 spiro atoms. The molecular formula is C15H22O. The molecule has 3 fully saturated rings. The summed E-state index contributed by atoms with van der Waals surface area (Å²) >= 11 is 0. The van der Waals surface area contributed by atoms with Gasteiger partial charge >= 0.3 is 0 Å². The number of Topliss-reactive ketones (excluding diaryl/α,β-unsaturated/α-hetero) is 1. The highest BCUT2D eigenvalue weighted by Gasteiger charge is 2.72. The Hall–Kier alpha value is -0.590. The fourth-order valence-corrected chi connectivity index (χ4v) is 5.00. The van der Waals surface area contributed by atoms with E-state index < -0.39 is 0 Å². The summed E-state index contributed by atoms with van der Waals surface area (Å²) in [5, 5.41) is 0. The molecule has 0 heterocycles. The predicted molar refractivity (Wildman–Crippen MR) is 65.0 cm³/mol. The van der Waals surface area contributed by atoms with Gasteiger partial charge in [0.05, 0.1) is 0 Å². The van der Waals surface area contributed by atoms with Crippen molar-refractivity contribution in [1.29, 1.82) is 0 Å². The molecule has 1 nitrogen and oxygen atoms in total. The molecule has 0 aromatic carbocycles. The van der Waals surface area contributed by atoms with E-state index in [1.807, 2.05) is 0 Å². The van der Waals surface area contributed by atoms with Crippen LogP contribution in [-0.2, 0) is 4.79 Å². The van der Waals surface area contributed by atoms with E-state index in [2.05, 4.69) is 27.7 Å². The van der Waals surface area contributed by atoms with Crippen LogP contribution < -0.4 is 0 Å². The Bertz CT molecular complexity index is 402. The first-order chi connectivity index (χ1) is 7.42. The lowest BCUT2D eigenvalue weighted by molar-refractivity contribution is -0.165. The lowest BCUT2D eigenvalue weighted by Crippen LogP contribution is -2.59. The molecule has 88 valence electrons. The molecule has 3 rings (SSSR count). The van der Waals surface area contributed by atoms with Gasteiger partial charge in [-0.1, -0.05) is 25.8 Å². The zero-order chi connectivity index (χ0) is 11.7. The van der Waals surface area contributed by atoms with Gasteiger partial charge in [0.15, 0.2) is 5.78 Å². The Kier molecular flexibility index (Phi) is 1.85. The smallest absolute Gasteiger partial charge is 0.162 e. The molecule has 3 aliphatic carbocycles. The summed E-state index contributed by atoms with van der Waals surface area (Å²) in [6.07, 6.45) is 5.01. The number of allylic oxidation sites excluding steroid dienone is 2. The van der Waals surface area contributed by atoms with Crippen molar-refractivity contribution >= 4 is 5.78 Å². The van der Waals surface area contributed by atoms with E-state index in [1.54, 1.807) is 0 Å². The summed E-state index contributed by atoms with van der Waals surface area (Å²) in [5.74, 6) is 1.52. The lowest BCUT2D eigenvalue weighted by Gasteiger charge is -2.61. The fraction of sp³-hybridized carbons (Fsp3) is 0.800. The highest BCUT2D eigenvalue weighted by Crippen LogP contribution is 2.76. The minimum atomic E-state index is 0.325.